The predicted octanol–water partition coefficient (Wildman–Crippen LogP) is 2.32. The van der Waals surface area contributed by atoms with E-state index in [0.717, 1.165) is 19.4 Å². The van der Waals surface area contributed by atoms with E-state index in [1.165, 1.54) is 19.3 Å². The Morgan fingerprint density at radius 2 is 2.07 bits per heavy atom. The minimum atomic E-state index is -0.510. The van der Waals surface area contributed by atoms with Gasteiger partial charge in [-0.05, 0) is 31.7 Å². The fourth-order valence-electron chi connectivity index (χ4n) is 2.51. The standard InChI is InChI=1S/C12H25NO/c1-4-12(14,10(2)3)11-8-6-5-7-9-13-11/h10-11,13-14H,4-9H2,1-3H3. The maximum atomic E-state index is 10.6. The van der Waals surface area contributed by atoms with Crippen molar-refractivity contribution in [3.63, 3.8) is 0 Å². The molecule has 0 aromatic heterocycles. The molecule has 0 bridgehead atoms. The van der Waals surface area contributed by atoms with E-state index >= 15 is 0 Å². The van der Waals surface area contributed by atoms with Gasteiger partial charge in [-0.3, -0.25) is 0 Å². The third kappa shape index (κ3) is 2.48. The molecule has 1 fully saturated rings. The molecule has 0 radical (unpaired) electrons. The number of nitrogens with one attached hydrogen (secondary N) is 1. The van der Waals surface area contributed by atoms with E-state index in [-0.39, 0.29) is 0 Å². The van der Waals surface area contributed by atoms with Crippen LogP contribution in [0.15, 0.2) is 0 Å². The zero-order valence-corrected chi connectivity index (χ0v) is 9.84. The molecule has 14 heavy (non-hydrogen) atoms. The summed E-state index contributed by atoms with van der Waals surface area (Å²) < 4.78 is 0. The lowest BCUT2D eigenvalue weighted by Crippen LogP contribution is -2.53. The van der Waals surface area contributed by atoms with Crippen molar-refractivity contribution in [2.24, 2.45) is 5.92 Å². The van der Waals surface area contributed by atoms with E-state index in [2.05, 4.69) is 26.1 Å². The van der Waals surface area contributed by atoms with Gasteiger partial charge in [-0.15, -0.1) is 0 Å². The highest BCUT2D eigenvalue weighted by Crippen LogP contribution is 2.29. The quantitative estimate of drug-likeness (QED) is 0.731. The number of rotatable bonds is 3. The molecular weight excluding hydrogens is 174 g/mol. The lowest BCUT2D eigenvalue weighted by molar-refractivity contribution is -0.0440. The van der Waals surface area contributed by atoms with Crippen LogP contribution in [0.5, 0.6) is 0 Å². The van der Waals surface area contributed by atoms with Crippen LogP contribution >= 0.6 is 0 Å². The molecule has 0 aliphatic carbocycles. The zero-order valence-electron chi connectivity index (χ0n) is 9.84. The van der Waals surface area contributed by atoms with Gasteiger partial charge in [-0.2, -0.15) is 0 Å². The van der Waals surface area contributed by atoms with Crippen molar-refractivity contribution >= 4 is 0 Å². The molecule has 0 saturated carbocycles. The van der Waals surface area contributed by atoms with Gasteiger partial charge in [0.25, 0.3) is 0 Å². The van der Waals surface area contributed by atoms with Gasteiger partial charge in [-0.1, -0.05) is 33.6 Å². The Hall–Kier alpha value is -0.0800. The summed E-state index contributed by atoms with van der Waals surface area (Å²) in [6, 6.07) is 0.301. The third-order valence-electron chi connectivity index (χ3n) is 3.73. The van der Waals surface area contributed by atoms with E-state index in [0.29, 0.717) is 12.0 Å². The van der Waals surface area contributed by atoms with Gasteiger partial charge in [0.1, 0.15) is 0 Å². The zero-order chi connectivity index (χ0) is 10.6. The smallest absolute Gasteiger partial charge is 0.0820 e. The Morgan fingerprint density at radius 1 is 1.36 bits per heavy atom. The highest BCUT2D eigenvalue weighted by atomic mass is 16.3. The van der Waals surface area contributed by atoms with Crippen LogP contribution in [0, 0.1) is 5.92 Å². The van der Waals surface area contributed by atoms with E-state index in [4.69, 9.17) is 0 Å². The van der Waals surface area contributed by atoms with E-state index in [9.17, 15) is 5.11 Å². The van der Waals surface area contributed by atoms with Crippen LogP contribution in [0.1, 0.15) is 52.9 Å². The number of hydrogen-bond acceptors (Lipinski definition) is 2. The fraction of sp³-hybridized carbons (Fsp3) is 1.00. The molecule has 2 unspecified atom stereocenters. The van der Waals surface area contributed by atoms with Crippen molar-refractivity contribution < 1.29 is 5.11 Å². The molecule has 2 nitrogen and oxygen atoms in total. The minimum absolute atomic E-state index is 0.301. The summed E-state index contributed by atoms with van der Waals surface area (Å²) in [7, 11) is 0. The highest BCUT2D eigenvalue weighted by molar-refractivity contribution is 4.93. The molecule has 0 aromatic carbocycles. The molecule has 0 spiro atoms. The lowest BCUT2D eigenvalue weighted by atomic mass is 9.79. The summed E-state index contributed by atoms with van der Waals surface area (Å²) in [5.41, 5.74) is -0.510. The molecule has 1 heterocycles. The van der Waals surface area contributed by atoms with Gasteiger partial charge in [0.2, 0.25) is 0 Å². The van der Waals surface area contributed by atoms with Crippen LogP contribution < -0.4 is 5.32 Å². The van der Waals surface area contributed by atoms with Gasteiger partial charge in [0, 0.05) is 6.04 Å². The van der Waals surface area contributed by atoms with Gasteiger partial charge in [0.15, 0.2) is 0 Å². The summed E-state index contributed by atoms with van der Waals surface area (Å²) in [5.74, 6) is 0.336. The first-order valence-electron chi connectivity index (χ1n) is 6.07. The Morgan fingerprint density at radius 3 is 2.64 bits per heavy atom. The molecule has 84 valence electrons. The number of aliphatic hydroxyl groups is 1. The second-order valence-electron chi connectivity index (χ2n) is 4.86. The Labute approximate surface area is 88.1 Å². The topological polar surface area (TPSA) is 32.3 Å². The van der Waals surface area contributed by atoms with Gasteiger partial charge < -0.3 is 10.4 Å². The van der Waals surface area contributed by atoms with Crippen molar-refractivity contribution in [1.82, 2.24) is 5.32 Å². The van der Waals surface area contributed by atoms with Gasteiger partial charge in [-0.25, -0.2) is 0 Å². The SMILES string of the molecule is CCC(O)(C(C)C)C1CCCCCN1. The van der Waals surface area contributed by atoms with Crippen LogP contribution in [0.2, 0.25) is 0 Å². The van der Waals surface area contributed by atoms with Crippen molar-refractivity contribution in [1.29, 1.82) is 0 Å². The first-order chi connectivity index (χ1) is 6.61. The Balaban J connectivity index is 2.66. The minimum Gasteiger partial charge on any atom is -0.388 e. The second-order valence-corrected chi connectivity index (χ2v) is 4.86. The average Bonchev–Trinajstić information content (AvgIpc) is 2.44. The van der Waals surface area contributed by atoms with Crippen LogP contribution in [-0.2, 0) is 0 Å². The highest BCUT2D eigenvalue weighted by Gasteiger charge is 2.37. The number of hydrogen-bond donors (Lipinski definition) is 2. The van der Waals surface area contributed by atoms with Crippen LogP contribution in [0.3, 0.4) is 0 Å². The van der Waals surface area contributed by atoms with Crippen LogP contribution in [0.25, 0.3) is 0 Å². The normalized spacial score (nSPS) is 28.5. The fourth-order valence-corrected chi connectivity index (χ4v) is 2.51. The predicted molar refractivity (Wildman–Crippen MR) is 60.3 cm³/mol. The molecule has 2 heteroatoms. The van der Waals surface area contributed by atoms with E-state index < -0.39 is 5.60 Å². The summed E-state index contributed by atoms with van der Waals surface area (Å²) in [6.45, 7) is 7.40. The van der Waals surface area contributed by atoms with Crippen LogP contribution in [0.4, 0.5) is 0 Å². The first-order valence-corrected chi connectivity index (χ1v) is 6.07. The van der Waals surface area contributed by atoms with Gasteiger partial charge in [0.05, 0.1) is 5.60 Å². The first kappa shape index (κ1) is 12.0. The maximum absolute atomic E-state index is 10.6. The third-order valence-corrected chi connectivity index (χ3v) is 3.73. The largest absolute Gasteiger partial charge is 0.388 e. The Kier molecular flexibility index (Phi) is 4.39. The van der Waals surface area contributed by atoms with E-state index in [1.807, 2.05) is 0 Å². The molecule has 0 amide bonds. The van der Waals surface area contributed by atoms with Crippen molar-refractivity contribution in [3.8, 4) is 0 Å². The summed E-state index contributed by atoms with van der Waals surface area (Å²) >= 11 is 0. The van der Waals surface area contributed by atoms with Crippen LogP contribution in [-0.4, -0.2) is 23.3 Å². The van der Waals surface area contributed by atoms with Crippen molar-refractivity contribution in [2.75, 3.05) is 6.54 Å². The monoisotopic (exact) mass is 199 g/mol. The summed E-state index contributed by atoms with van der Waals surface area (Å²) in [5, 5.41) is 14.1. The second kappa shape index (κ2) is 5.13. The molecule has 2 atom stereocenters. The Bertz CT molecular complexity index is 162. The molecule has 1 aliphatic rings. The lowest BCUT2D eigenvalue weighted by Gasteiger charge is -2.39. The van der Waals surface area contributed by atoms with E-state index in [1.54, 1.807) is 0 Å². The van der Waals surface area contributed by atoms with Crippen molar-refractivity contribution in [3.05, 3.63) is 0 Å². The van der Waals surface area contributed by atoms with Crippen molar-refractivity contribution in [2.45, 2.75) is 64.5 Å². The molecular formula is C12H25NO. The molecule has 1 saturated heterocycles. The maximum Gasteiger partial charge on any atom is 0.0820 e. The average molecular weight is 199 g/mol. The molecule has 1 rings (SSSR count). The molecule has 1 aliphatic heterocycles. The van der Waals surface area contributed by atoms with Gasteiger partial charge >= 0.3 is 0 Å². The summed E-state index contributed by atoms with van der Waals surface area (Å²) in [4.78, 5) is 0. The molecule has 2 N–H and O–H groups in total. The summed E-state index contributed by atoms with van der Waals surface area (Å²) in [6.07, 6.45) is 5.80. The molecule has 0 aromatic rings.